The summed E-state index contributed by atoms with van der Waals surface area (Å²) in [6.07, 6.45) is 11.3. The van der Waals surface area contributed by atoms with E-state index in [9.17, 15) is 0 Å². The van der Waals surface area contributed by atoms with Gasteiger partial charge in [-0.25, -0.2) is 4.98 Å². The normalized spacial score (nSPS) is 25.8. The monoisotopic (exact) mass is 328 g/mol. The van der Waals surface area contributed by atoms with E-state index in [0.717, 1.165) is 51.8 Å². The van der Waals surface area contributed by atoms with Gasteiger partial charge in [-0.15, -0.1) is 0 Å². The Morgan fingerprint density at radius 2 is 2.21 bits per heavy atom. The molecule has 2 aromatic rings. The molecule has 2 aliphatic rings. The van der Waals surface area contributed by atoms with Crippen molar-refractivity contribution in [2.45, 2.75) is 19.4 Å². The lowest BCUT2D eigenvalue weighted by atomic mass is 9.80. The van der Waals surface area contributed by atoms with Crippen molar-refractivity contribution in [3.05, 3.63) is 42.7 Å². The largest absolute Gasteiger partial charge is 0.472 e. The highest BCUT2D eigenvalue weighted by Crippen LogP contribution is 2.34. The highest BCUT2D eigenvalue weighted by molar-refractivity contribution is 5.36. The van der Waals surface area contributed by atoms with Crippen molar-refractivity contribution in [2.24, 2.45) is 5.41 Å². The van der Waals surface area contributed by atoms with E-state index in [-0.39, 0.29) is 5.41 Å². The predicted octanol–water partition coefficient (Wildman–Crippen LogP) is 2.19. The van der Waals surface area contributed by atoms with Crippen LogP contribution in [0, 0.1) is 5.41 Å². The van der Waals surface area contributed by atoms with Gasteiger partial charge in [0, 0.05) is 49.6 Å². The molecule has 6 heteroatoms. The molecule has 0 radical (unpaired) electrons. The fraction of sp³-hybridized carbons (Fsp3) is 0.556. The number of likely N-dealkylation sites (tertiary alicyclic amines) is 1. The van der Waals surface area contributed by atoms with E-state index in [1.54, 1.807) is 18.7 Å². The zero-order valence-corrected chi connectivity index (χ0v) is 13.9. The fourth-order valence-electron chi connectivity index (χ4n) is 3.98. The first-order chi connectivity index (χ1) is 11.8. The Morgan fingerprint density at radius 3 is 3.04 bits per heavy atom. The van der Waals surface area contributed by atoms with Crippen molar-refractivity contribution in [1.29, 1.82) is 0 Å². The average Bonchev–Trinajstić information content (AvgIpc) is 3.03. The second kappa shape index (κ2) is 6.91. The maximum atomic E-state index is 5.99. The topological polar surface area (TPSA) is 54.6 Å². The summed E-state index contributed by atoms with van der Waals surface area (Å²) in [5.41, 5.74) is 1.41. The van der Waals surface area contributed by atoms with Crippen LogP contribution in [0.25, 0.3) is 0 Å². The van der Waals surface area contributed by atoms with Gasteiger partial charge in [-0.3, -0.25) is 9.88 Å². The lowest BCUT2D eigenvalue weighted by Crippen LogP contribution is -2.50. The lowest BCUT2D eigenvalue weighted by Gasteiger charge is -2.43. The van der Waals surface area contributed by atoms with Crippen molar-refractivity contribution < 1.29 is 9.15 Å². The number of hydrogen-bond acceptors (Lipinski definition) is 6. The molecule has 0 N–H and O–H groups in total. The Balaban J connectivity index is 1.49. The lowest BCUT2D eigenvalue weighted by molar-refractivity contribution is 0.0106. The molecule has 1 atom stereocenters. The van der Waals surface area contributed by atoms with Crippen molar-refractivity contribution in [1.82, 2.24) is 14.9 Å². The smallest absolute Gasteiger partial charge is 0.147 e. The van der Waals surface area contributed by atoms with Crippen molar-refractivity contribution >= 4 is 5.82 Å². The molecule has 4 rings (SSSR count). The van der Waals surface area contributed by atoms with Crippen molar-refractivity contribution in [3.8, 4) is 0 Å². The molecular formula is C18H24N4O2. The zero-order chi connectivity index (χ0) is 16.2. The number of ether oxygens (including phenoxy) is 1. The van der Waals surface area contributed by atoms with E-state index in [4.69, 9.17) is 9.15 Å². The Hall–Kier alpha value is -1.92. The minimum absolute atomic E-state index is 0.163. The molecule has 128 valence electrons. The molecular weight excluding hydrogens is 304 g/mol. The Kier molecular flexibility index (Phi) is 4.49. The van der Waals surface area contributed by atoms with Gasteiger partial charge in [-0.1, -0.05) is 0 Å². The van der Waals surface area contributed by atoms with Crippen LogP contribution in [-0.2, 0) is 11.3 Å². The highest BCUT2D eigenvalue weighted by atomic mass is 16.5. The minimum Gasteiger partial charge on any atom is -0.472 e. The third-order valence-corrected chi connectivity index (χ3v) is 5.04. The SMILES string of the molecule is c1cnc(N2CCOC[C@@]3(CCCN(Cc4ccoc4)C3)C2)cn1. The first-order valence-electron chi connectivity index (χ1n) is 8.65. The van der Waals surface area contributed by atoms with Gasteiger partial charge in [-0.05, 0) is 25.5 Å². The number of furan rings is 1. The van der Waals surface area contributed by atoms with Gasteiger partial charge < -0.3 is 14.1 Å². The standard InChI is InChI=1S/C18H24N4O2/c1-3-18(13-21(6-1)11-16-2-8-23-12-16)14-22(7-9-24-15-18)17-10-19-4-5-20-17/h2,4-5,8,10,12H,1,3,6-7,9,11,13-15H2/t18-/m1/s1. The summed E-state index contributed by atoms with van der Waals surface area (Å²) < 4.78 is 11.2. The van der Waals surface area contributed by atoms with E-state index in [1.165, 1.54) is 18.4 Å². The molecule has 0 bridgehead atoms. The van der Waals surface area contributed by atoms with Crippen molar-refractivity contribution in [3.63, 3.8) is 0 Å². The number of hydrogen-bond donors (Lipinski definition) is 0. The van der Waals surface area contributed by atoms with Crippen molar-refractivity contribution in [2.75, 3.05) is 44.3 Å². The van der Waals surface area contributed by atoms with Crippen LogP contribution < -0.4 is 4.90 Å². The number of piperidine rings is 1. The summed E-state index contributed by atoms with van der Waals surface area (Å²) in [5, 5.41) is 0. The van der Waals surface area contributed by atoms with E-state index in [2.05, 4.69) is 25.8 Å². The molecule has 2 aromatic heterocycles. The molecule has 0 unspecified atom stereocenters. The number of nitrogens with zero attached hydrogens (tertiary/aromatic N) is 4. The predicted molar refractivity (Wildman–Crippen MR) is 90.7 cm³/mol. The molecule has 0 aliphatic carbocycles. The molecule has 4 heterocycles. The number of aromatic nitrogens is 2. The van der Waals surface area contributed by atoms with Gasteiger partial charge in [0.25, 0.3) is 0 Å². The summed E-state index contributed by atoms with van der Waals surface area (Å²) in [4.78, 5) is 13.6. The maximum Gasteiger partial charge on any atom is 0.147 e. The Bertz CT molecular complexity index is 634. The van der Waals surface area contributed by atoms with Crippen LogP contribution in [0.3, 0.4) is 0 Å². The summed E-state index contributed by atoms with van der Waals surface area (Å²) >= 11 is 0. The molecule has 0 saturated carbocycles. The quantitative estimate of drug-likeness (QED) is 0.861. The van der Waals surface area contributed by atoms with Gasteiger partial charge in [-0.2, -0.15) is 0 Å². The van der Waals surface area contributed by atoms with Gasteiger partial charge in [0.15, 0.2) is 0 Å². The molecule has 2 saturated heterocycles. The summed E-state index contributed by atoms with van der Waals surface area (Å²) in [7, 11) is 0. The maximum absolute atomic E-state index is 5.99. The highest BCUT2D eigenvalue weighted by Gasteiger charge is 2.39. The van der Waals surface area contributed by atoms with Gasteiger partial charge >= 0.3 is 0 Å². The molecule has 24 heavy (non-hydrogen) atoms. The van der Waals surface area contributed by atoms with Crippen LogP contribution in [0.1, 0.15) is 18.4 Å². The zero-order valence-electron chi connectivity index (χ0n) is 13.9. The first kappa shape index (κ1) is 15.6. The third-order valence-electron chi connectivity index (χ3n) is 5.04. The van der Waals surface area contributed by atoms with Crippen LogP contribution in [0.2, 0.25) is 0 Å². The third kappa shape index (κ3) is 3.44. The van der Waals surface area contributed by atoms with Gasteiger partial charge in [0.05, 0.1) is 31.9 Å². The molecule has 1 spiro atoms. The number of anilines is 1. The molecule has 6 nitrogen and oxygen atoms in total. The van der Waals surface area contributed by atoms with Gasteiger partial charge in [0.2, 0.25) is 0 Å². The number of rotatable bonds is 3. The van der Waals surface area contributed by atoms with Crippen LogP contribution in [0.5, 0.6) is 0 Å². The van der Waals surface area contributed by atoms with E-state index in [0.29, 0.717) is 0 Å². The first-order valence-corrected chi connectivity index (χ1v) is 8.65. The van der Waals surface area contributed by atoms with E-state index in [1.807, 2.05) is 12.5 Å². The fourth-order valence-corrected chi connectivity index (χ4v) is 3.98. The molecule has 0 amide bonds. The molecule has 2 aliphatic heterocycles. The molecule has 0 aromatic carbocycles. The second-order valence-electron chi connectivity index (χ2n) is 6.98. The van der Waals surface area contributed by atoms with Gasteiger partial charge in [0.1, 0.15) is 5.82 Å². The van der Waals surface area contributed by atoms with Crippen LogP contribution in [0.4, 0.5) is 5.82 Å². The summed E-state index contributed by atoms with van der Waals surface area (Å²) in [6.45, 7) is 6.57. The van der Waals surface area contributed by atoms with Crippen LogP contribution >= 0.6 is 0 Å². The van der Waals surface area contributed by atoms with E-state index >= 15 is 0 Å². The summed E-state index contributed by atoms with van der Waals surface area (Å²) in [5.74, 6) is 0.953. The van der Waals surface area contributed by atoms with E-state index < -0.39 is 0 Å². The Morgan fingerprint density at radius 1 is 1.21 bits per heavy atom. The minimum atomic E-state index is 0.163. The molecule has 2 fully saturated rings. The van der Waals surface area contributed by atoms with Crippen LogP contribution in [-0.4, -0.2) is 54.3 Å². The average molecular weight is 328 g/mol. The summed E-state index contributed by atoms with van der Waals surface area (Å²) in [6, 6.07) is 2.05. The second-order valence-corrected chi connectivity index (χ2v) is 6.98. The Labute approximate surface area is 142 Å². The van der Waals surface area contributed by atoms with Crippen LogP contribution in [0.15, 0.2) is 41.6 Å².